The molecule has 3 heterocycles. The summed E-state index contributed by atoms with van der Waals surface area (Å²) in [5.74, 6) is -0.202. The van der Waals surface area contributed by atoms with Crippen LogP contribution in [0.15, 0.2) is 30.5 Å². The van der Waals surface area contributed by atoms with Gasteiger partial charge in [0.05, 0.1) is 5.56 Å². The first-order chi connectivity index (χ1) is 16.1. The number of benzene rings is 1. The monoisotopic (exact) mass is 477 g/mol. The third-order valence-corrected chi connectivity index (χ3v) is 6.71. The summed E-state index contributed by atoms with van der Waals surface area (Å²) in [7, 11) is 0. The maximum Gasteiger partial charge on any atom is 0.416 e. The van der Waals surface area contributed by atoms with Crippen molar-refractivity contribution in [2.75, 3.05) is 37.6 Å². The molecule has 0 N–H and O–H groups in total. The number of rotatable bonds is 4. The zero-order valence-electron chi connectivity index (χ0n) is 19.5. The lowest BCUT2D eigenvalue weighted by atomic mass is 9.99. The normalized spacial score (nSPS) is 20.0. The van der Waals surface area contributed by atoms with Crippen molar-refractivity contribution in [3.8, 4) is 0 Å². The van der Waals surface area contributed by atoms with Gasteiger partial charge in [-0.1, -0.05) is 6.07 Å². The van der Waals surface area contributed by atoms with Gasteiger partial charge in [0.15, 0.2) is 5.78 Å². The van der Waals surface area contributed by atoms with Gasteiger partial charge < -0.3 is 9.80 Å². The minimum absolute atomic E-state index is 0.194. The second kappa shape index (κ2) is 9.77. The molecule has 1 aromatic carbocycles. The fourth-order valence-corrected chi connectivity index (χ4v) is 4.70. The maximum absolute atomic E-state index is 13.4. The van der Waals surface area contributed by atoms with Gasteiger partial charge in [0.1, 0.15) is 5.69 Å². The van der Waals surface area contributed by atoms with Gasteiger partial charge in [-0.15, -0.1) is 0 Å². The van der Waals surface area contributed by atoms with E-state index < -0.39 is 11.7 Å². The van der Waals surface area contributed by atoms with Gasteiger partial charge in [-0.2, -0.15) is 23.0 Å². The van der Waals surface area contributed by atoms with E-state index in [1.165, 1.54) is 29.9 Å². The standard InChI is InChI=1S/C24H30F3N5O2/c1-17-5-3-4-9-31(17)22-15-20(24(25,26)27)7-6-19(22)16-29-11-13-30(14-12-29)23(34)32-10-8-21(28-32)18(2)33/h6-8,10,15,17H,3-5,9,11-14,16H2,1-2H3/t17-/m1/s1. The third kappa shape index (κ3) is 5.27. The maximum atomic E-state index is 13.4. The van der Waals surface area contributed by atoms with Crippen molar-refractivity contribution < 1.29 is 22.8 Å². The van der Waals surface area contributed by atoms with Crippen molar-refractivity contribution in [2.24, 2.45) is 0 Å². The number of hydrogen-bond donors (Lipinski definition) is 0. The number of ketones is 1. The van der Waals surface area contributed by atoms with Crippen LogP contribution in [-0.4, -0.2) is 70.2 Å². The van der Waals surface area contributed by atoms with Crippen LogP contribution in [0, 0.1) is 0 Å². The van der Waals surface area contributed by atoms with Crippen LogP contribution in [0.5, 0.6) is 0 Å². The molecule has 1 amide bonds. The van der Waals surface area contributed by atoms with Crippen LogP contribution < -0.4 is 4.90 Å². The van der Waals surface area contributed by atoms with E-state index in [-0.39, 0.29) is 23.6 Å². The molecular weight excluding hydrogens is 447 g/mol. The van der Waals surface area contributed by atoms with E-state index >= 15 is 0 Å². The van der Waals surface area contributed by atoms with Gasteiger partial charge in [-0.05, 0) is 49.9 Å². The highest BCUT2D eigenvalue weighted by Gasteiger charge is 2.33. The first-order valence-corrected chi connectivity index (χ1v) is 11.7. The average molecular weight is 478 g/mol. The van der Waals surface area contributed by atoms with Crippen LogP contribution in [0.2, 0.25) is 0 Å². The SMILES string of the molecule is CC(=O)c1ccn(C(=O)N2CCN(Cc3ccc(C(F)(F)F)cc3N3CCCC[C@H]3C)CC2)n1. The van der Waals surface area contributed by atoms with Gasteiger partial charge in [0.25, 0.3) is 0 Å². The van der Waals surface area contributed by atoms with Crippen molar-refractivity contribution in [3.05, 3.63) is 47.3 Å². The molecular formula is C24H30F3N5O2. The third-order valence-electron chi connectivity index (χ3n) is 6.71. The fraction of sp³-hybridized carbons (Fsp3) is 0.542. The Hall–Kier alpha value is -2.88. The quantitative estimate of drug-likeness (QED) is 0.616. The van der Waals surface area contributed by atoms with Crippen LogP contribution in [0.3, 0.4) is 0 Å². The molecule has 1 aromatic heterocycles. The molecule has 2 aromatic rings. The average Bonchev–Trinajstić information content (AvgIpc) is 3.30. The summed E-state index contributed by atoms with van der Waals surface area (Å²) >= 11 is 0. The van der Waals surface area contributed by atoms with Gasteiger partial charge >= 0.3 is 12.2 Å². The lowest BCUT2D eigenvalue weighted by Gasteiger charge is -2.39. The summed E-state index contributed by atoms with van der Waals surface area (Å²) in [6.45, 7) is 6.90. The highest BCUT2D eigenvalue weighted by Crippen LogP contribution is 2.36. The van der Waals surface area contributed by atoms with Crippen molar-refractivity contribution in [1.29, 1.82) is 0 Å². The lowest BCUT2D eigenvalue weighted by Crippen LogP contribution is -2.49. The molecule has 0 radical (unpaired) electrons. The van der Waals surface area contributed by atoms with Gasteiger partial charge in [-0.25, -0.2) is 4.79 Å². The van der Waals surface area contributed by atoms with E-state index in [2.05, 4.69) is 21.8 Å². The molecule has 2 aliphatic heterocycles. The summed E-state index contributed by atoms with van der Waals surface area (Å²) in [4.78, 5) is 30.1. The molecule has 0 aliphatic carbocycles. The van der Waals surface area contributed by atoms with E-state index in [4.69, 9.17) is 0 Å². The summed E-state index contributed by atoms with van der Waals surface area (Å²) in [5.41, 5.74) is 1.16. The van der Waals surface area contributed by atoms with Crippen molar-refractivity contribution in [1.82, 2.24) is 19.6 Å². The van der Waals surface area contributed by atoms with E-state index in [0.29, 0.717) is 38.4 Å². The predicted octanol–water partition coefficient (Wildman–Crippen LogP) is 4.27. The Morgan fingerprint density at radius 2 is 1.79 bits per heavy atom. The Morgan fingerprint density at radius 3 is 2.41 bits per heavy atom. The van der Waals surface area contributed by atoms with Crippen LogP contribution in [0.1, 0.15) is 54.7 Å². The first-order valence-electron chi connectivity index (χ1n) is 11.7. The summed E-state index contributed by atoms with van der Waals surface area (Å²) < 4.78 is 41.5. The minimum Gasteiger partial charge on any atom is -0.369 e. The number of hydrogen-bond acceptors (Lipinski definition) is 5. The highest BCUT2D eigenvalue weighted by atomic mass is 19.4. The lowest BCUT2D eigenvalue weighted by molar-refractivity contribution is -0.137. The molecule has 10 heteroatoms. The molecule has 2 aliphatic rings. The number of carbonyl (C=O) groups excluding carboxylic acids is 2. The topological polar surface area (TPSA) is 61.7 Å². The number of carbonyl (C=O) groups is 2. The Morgan fingerprint density at radius 1 is 1.06 bits per heavy atom. The number of amides is 1. The number of alkyl halides is 3. The van der Waals surface area contributed by atoms with Crippen LogP contribution in [-0.2, 0) is 12.7 Å². The van der Waals surface area contributed by atoms with Crippen LogP contribution in [0.4, 0.5) is 23.7 Å². The molecule has 2 saturated heterocycles. The van der Waals surface area contributed by atoms with Crippen LogP contribution in [0.25, 0.3) is 0 Å². The second-order valence-electron chi connectivity index (χ2n) is 9.13. The zero-order valence-corrected chi connectivity index (χ0v) is 19.5. The van der Waals surface area contributed by atoms with E-state index in [1.54, 1.807) is 11.0 Å². The smallest absolute Gasteiger partial charge is 0.369 e. The van der Waals surface area contributed by atoms with Crippen molar-refractivity contribution >= 4 is 17.5 Å². The second-order valence-corrected chi connectivity index (χ2v) is 9.13. The highest BCUT2D eigenvalue weighted by molar-refractivity contribution is 5.92. The van der Waals surface area contributed by atoms with E-state index in [0.717, 1.165) is 37.4 Å². The molecule has 2 fully saturated rings. The first kappa shape index (κ1) is 24.3. The summed E-state index contributed by atoms with van der Waals surface area (Å²) in [6, 6.07) is 5.48. The molecule has 0 spiro atoms. The van der Waals surface area contributed by atoms with Gasteiger partial charge in [0, 0.05) is 64.1 Å². The molecule has 0 bridgehead atoms. The number of Topliss-reactive ketones (excluding diaryl/α,β-unsaturated/α-hetero) is 1. The summed E-state index contributed by atoms with van der Waals surface area (Å²) in [6.07, 6.45) is 0.133. The minimum atomic E-state index is -4.38. The number of piperazine rings is 1. The van der Waals surface area contributed by atoms with Crippen LogP contribution >= 0.6 is 0 Å². The molecule has 0 saturated carbocycles. The number of nitrogens with zero attached hydrogens (tertiary/aromatic N) is 5. The van der Waals surface area contributed by atoms with Gasteiger partial charge in [-0.3, -0.25) is 9.69 Å². The molecule has 34 heavy (non-hydrogen) atoms. The summed E-state index contributed by atoms with van der Waals surface area (Å²) in [5, 5.41) is 4.04. The predicted molar refractivity (Wildman–Crippen MR) is 122 cm³/mol. The zero-order chi connectivity index (χ0) is 24.5. The number of aromatic nitrogens is 2. The van der Waals surface area contributed by atoms with E-state index in [1.807, 2.05) is 0 Å². The number of piperidine rings is 1. The Bertz CT molecular complexity index is 1040. The largest absolute Gasteiger partial charge is 0.416 e. The molecule has 4 rings (SSSR count). The number of halogens is 3. The molecule has 7 nitrogen and oxygen atoms in total. The Kier molecular flexibility index (Phi) is 6.97. The molecule has 1 atom stereocenters. The van der Waals surface area contributed by atoms with Crippen molar-refractivity contribution in [3.63, 3.8) is 0 Å². The fourth-order valence-electron chi connectivity index (χ4n) is 4.70. The Balaban J connectivity index is 1.45. The van der Waals surface area contributed by atoms with Crippen molar-refractivity contribution in [2.45, 2.75) is 51.9 Å². The van der Waals surface area contributed by atoms with E-state index in [9.17, 15) is 22.8 Å². The molecule has 184 valence electrons. The van der Waals surface area contributed by atoms with Gasteiger partial charge in [0.2, 0.25) is 0 Å². The molecule has 0 unspecified atom stereocenters. The number of anilines is 1. The Labute approximate surface area is 197 Å².